The second-order valence-corrected chi connectivity index (χ2v) is 7.83. The Labute approximate surface area is 161 Å². The highest BCUT2D eigenvalue weighted by Crippen LogP contribution is 2.12. The van der Waals surface area contributed by atoms with E-state index in [1.54, 1.807) is 0 Å². The zero-order valence-corrected chi connectivity index (χ0v) is 16.4. The third-order valence-electron chi connectivity index (χ3n) is 4.87. The average molecular weight is 370 g/mol. The predicted molar refractivity (Wildman–Crippen MR) is 107 cm³/mol. The van der Waals surface area contributed by atoms with E-state index >= 15 is 0 Å². The SMILES string of the molecule is CC(C)CN1CCC(NC(=O)NCc2cnn(Cc3ccccc3)c2)CC1. The van der Waals surface area contributed by atoms with Crippen LogP contribution in [0.25, 0.3) is 0 Å². The van der Waals surface area contributed by atoms with E-state index in [4.69, 9.17) is 0 Å². The van der Waals surface area contributed by atoms with Crippen molar-refractivity contribution in [2.24, 2.45) is 5.92 Å². The molecule has 2 heterocycles. The van der Waals surface area contributed by atoms with Crippen LogP contribution < -0.4 is 10.6 Å². The molecular weight excluding hydrogens is 338 g/mol. The van der Waals surface area contributed by atoms with Gasteiger partial charge in [-0.25, -0.2) is 4.79 Å². The lowest BCUT2D eigenvalue weighted by Gasteiger charge is -2.33. The van der Waals surface area contributed by atoms with Gasteiger partial charge >= 0.3 is 6.03 Å². The second-order valence-electron chi connectivity index (χ2n) is 7.83. The molecule has 1 aromatic carbocycles. The molecule has 6 heteroatoms. The van der Waals surface area contributed by atoms with E-state index in [1.807, 2.05) is 35.3 Å². The first-order valence-corrected chi connectivity index (χ1v) is 9.90. The zero-order chi connectivity index (χ0) is 19.1. The van der Waals surface area contributed by atoms with Crippen molar-refractivity contribution in [1.82, 2.24) is 25.3 Å². The molecular formula is C21H31N5O. The number of piperidine rings is 1. The highest BCUT2D eigenvalue weighted by molar-refractivity contribution is 5.74. The van der Waals surface area contributed by atoms with Crippen molar-refractivity contribution in [1.29, 1.82) is 0 Å². The van der Waals surface area contributed by atoms with Crippen LogP contribution in [0.4, 0.5) is 4.79 Å². The van der Waals surface area contributed by atoms with Gasteiger partial charge in [-0.1, -0.05) is 44.2 Å². The van der Waals surface area contributed by atoms with Gasteiger partial charge in [-0.15, -0.1) is 0 Å². The first kappa shape index (κ1) is 19.4. The topological polar surface area (TPSA) is 62.2 Å². The number of rotatable bonds is 7. The highest BCUT2D eigenvalue weighted by atomic mass is 16.2. The molecule has 2 aromatic rings. The minimum absolute atomic E-state index is 0.0897. The smallest absolute Gasteiger partial charge is 0.315 e. The molecule has 6 nitrogen and oxygen atoms in total. The van der Waals surface area contributed by atoms with Gasteiger partial charge in [-0.2, -0.15) is 5.10 Å². The zero-order valence-electron chi connectivity index (χ0n) is 16.4. The normalized spacial score (nSPS) is 15.8. The Balaban J connectivity index is 1.37. The Morgan fingerprint density at radius 1 is 1.19 bits per heavy atom. The van der Waals surface area contributed by atoms with Crippen LogP contribution in [0.3, 0.4) is 0 Å². The van der Waals surface area contributed by atoms with Crippen molar-refractivity contribution in [3.05, 3.63) is 53.9 Å². The molecule has 2 amide bonds. The Morgan fingerprint density at radius 3 is 2.63 bits per heavy atom. The van der Waals surface area contributed by atoms with Crippen LogP contribution in [-0.4, -0.2) is 46.4 Å². The molecule has 0 unspecified atom stereocenters. The second kappa shape index (κ2) is 9.55. The van der Waals surface area contributed by atoms with Crippen molar-refractivity contribution < 1.29 is 4.79 Å². The fraction of sp³-hybridized carbons (Fsp3) is 0.524. The third-order valence-corrected chi connectivity index (χ3v) is 4.87. The van der Waals surface area contributed by atoms with E-state index in [0.29, 0.717) is 12.5 Å². The van der Waals surface area contributed by atoms with Gasteiger partial charge in [0.2, 0.25) is 0 Å². The Morgan fingerprint density at radius 2 is 1.93 bits per heavy atom. The summed E-state index contributed by atoms with van der Waals surface area (Å²) in [6.45, 7) is 9.00. The molecule has 146 valence electrons. The summed E-state index contributed by atoms with van der Waals surface area (Å²) in [5.74, 6) is 0.695. The van der Waals surface area contributed by atoms with Crippen LogP contribution in [0, 0.1) is 5.92 Å². The van der Waals surface area contributed by atoms with Gasteiger partial charge in [-0.05, 0) is 24.3 Å². The molecule has 1 fully saturated rings. The lowest BCUT2D eigenvalue weighted by Crippen LogP contribution is -2.48. The van der Waals surface area contributed by atoms with Crippen molar-refractivity contribution >= 4 is 6.03 Å². The lowest BCUT2D eigenvalue weighted by molar-refractivity contribution is 0.178. The molecule has 1 aliphatic heterocycles. The summed E-state index contributed by atoms with van der Waals surface area (Å²) in [6, 6.07) is 10.4. The minimum Gasteiger partial charge on any atom is -0.335 e. The van der Waals surface area contributed by atoms with E-state index in [0.717, 1.165) is 44.6 Å². The van der Waals surface area contributed by atoms with Crippen LogP contribution in [0.2, 0.25) is 0 Å². The van der Waals surface area contributed by atoms with E-state index in [-0.39, 0.29) is 12.1 Å². The first-order valence-electron chi connectivity index (χ1n) is 9.90. The van der Waals surface area contributed by atoms with Gasteiger partial charge in [0.05, 0.1) is 12.7 Å². The molecule has 1 aliphatic rings. The molecule has 0 aliphatic carbocycles. The number of hydrogen-bond acceptors (Lipinski definition) is 3. The first-order chi connectivity index (χ1) is 13.1. The number of likely N-dealkylation sites (tertiary alicyclic amines) is 1. The monoisotopic (exact) mass is 369 g/mol. The maximum Gasteiger partial charge on any atom is 0.315 e. The summed E-state index contributed by atoms with van der Waals surface area (Å²) in [5.41, 5.74) is 2.22. The Kier molecular flexibility index (Phi) is 6.87. The molecule has 3 rings (SSSR count). The fourth-order valence-electron chi connectivity index (χ4n) is 3.55. The van der Waals surface area contributed by atoms with Crippen LogP contribution >= 0.6 is 0 Å². The van der Waals surface area contributed by atoms with Gasteiger partial charge in [-0.3, -0.25) is 4.68 Å². The quantitative estimate of drug-likeness (QED) is 0.789. The number of amides is 2. The molecule has 27 heavy (non-hydrogen) atoms. The van der Waals surface area contributed by atoms with Gasteiger partial charge in [0.25, 0.3) is 0 Å². The Bertz CT molecular complexity index is 704. The number of carbonyl (C=O) groups excluding carboxylic acids is 1. The molecule has 1 aromatic heterocycles. The summed E-state index contributed by atoms with van der Waals surface area (Å²) in [5, 5.41) is 10.4. The summed E-state index contributed by atoms with van der Waals surface area (Å²) >= 11 is 0. The average Bonchev–Trinajstić information content (AvgIpc) is 3.09. The summed E-state index contributed by atoms with van der Waals surface area (Å²) in [7, 11) is 0. The third kappa shape index (κ3) is 6.40. The largest absolute Gasteiger partial charge is 0.335 e. The maximum absolute atomic E-state index is 12.2. The molecule has 2 N–H and O–H groups in total. The molecule has 0 spiro atoms. The number of hydrogen-bond donors (Lipinski definition) is 2. The highest BCUT2D eigenvalue weighted by Gasteiger charge is 2.20. The van der Waals surface area contributed by atoms with Gasteiger partial charge < -0.3 is 15.5 Å². The van der Waals surface area contributed by atoms with Gasteiger partial charge in [0, 0.05) is 44.0 Å². The van der Waals surface area contributed by atoms with Crippen LogP contribution in [0.1, 0.15) is 37.8 Å². The fourth-order valence-corrected chi connectivity index (χ4v) is 3.55. The van der Waals surface area contributed by atoms with Crippen LogP contribution in [0.15, 0.2) is 42.7 Å². The van der Waals surface area contributed by atoms with E-state index in [9.17, 15) is 4.79 Å². The molecule has 0 radical (unpaired) electrons. The molecule has 1 saturated heterocycles. The van der Waals surface area contributed by atoms with E-state index in [2.05, 4.69) is 46.6 Å². The summed E-state index contributed by atoms with van der Waals surface area (Å²) in [6.07, 6.45) is 5.84. The maximum atomic E-state index is 12.2. The van der Waals surface area contributed by atoms with Crippen molar-refractivity contribution in [3.8, 4) is 0 Å². The van der Waals surface area contributed by atoms with Crippen LogP contribution in [0.5, 0.6) is 0 Å². The lowest BCUT2D eigenvalue weighted by atomic mass is 10.0. The minimum atomic E-state index is -0.0897. The van der Waals surface area contributed by atoms with E-state index in [1.165, 1.54) is 5.56 Å². The van der Waals surface area contributed by atoms with Crippen molar-refractivity contribution in [2.45, 2.75) is 45.8 Å². The number of benzene rings is 1. The molecule has 0 bridgehead atoms. The molecule has 0 saturated carbocycles. The van der Waals surface area contributed by atoms with E-state index < -0.39 is 0 Å². The molecule has 0 atom stereocenters. The van der Waals surface area contributed by atoms with Crippen LogP contribution in [-0.2, 0) is 13.1 Å². The van der Waals surface area contributed by atoms with Gasteiger partial charge in [0.15, 0.2) is 0 Å². The predicted octanol–water partition coefficient (Wildman–Crippen LogP) is 2.85. The van der Waals surface area contributed by atoms with Gasteiger partial charge in [0.1, 0.15) is 0 Å². The number of nitrogens with zero attached hydrogens (tertiary/aromatic N) is 3. The summed E-state index contributed by atoms with van der Waals surface area (Å²) in [4.78, 5) is 14.7. The summed E-state index contributed by atoms with van der Waals surface area (Å²) < 4.78 is 1.90. The Hall–Kier alpha value is -2.34. The number of urea groups is 1. The number of nitrogens with one attached hydrogen (secondary N) is 2. The standard InChI is InChI=1S/C21H31N5O/c1-17(2)14-25-10-8-20(9-11-25)24-21(27)22-12-19-13-23-26(16-19)15-18-6-4-3-5-7-18/h3-7,13,16-17,20H,8-12,14-15H2,1-2H3,(H2,22,24,27). The number of aromatic nitrogens is 2. The van der Waals surface area contributed by atoms with Crippen molar-refractivity contribution in [2.75, 3.05) is 19.6 Å². The van der Waals surface area contributed by atoms with Crippen molar-refractivity contribution in [3.63, 3.8) is 0 Å². The number of carbonyl (C=O) groups is 1.